The summed E-state index contributed by atoms with van der Waals surface area (Å²) < 4.78 is 0. The molecule has 0 aromatic heterocycles. The van der Waals surface area contributed by atoms with E-state index in [-0.39, 0.29) is 0 Å². The van der Waals surface area contributed by atoms with Crippen molar-refractivity contribution in [3.8, 4) is 0 Å². The highest BCUT2D eigenvalue weighted by Crippen LogP contribution is 2.10. The van der Waals surface area contributed by atoms with Gasteiger partial charge in [-0.2, -0.15) is 0 Å². The molecular formula is C22H43BrO4. The number of hydrogen-bond acceptors (Lipinski definition) is 2. The largest absolute Gasteiger partial charge is 0.481 e. The zero-order valence-corrected chi connectivity index (χ0v) is 19.1. The molecule has 0 saturated carbocycles. The van der Waals surface area contributed by atoms with Gasteiger partial charge in [-0.3, -0.25) is 9.59 Å². The highest BCUT2D eigenvalue weighted by Gasteiger charge is 1.97. The Morgan fingerprint density at radius 1 is 0.556 bits per heavy atom. The highest BCUT2D eigenvalue weighted by atomic mass is 79.9. The third-order valence-electron chi connectivity index (χ3n) is 4.52. The van der Waals surface area contributed by atoms with E-state index in [1.54, 1.807) is 0 Å². The number of carboxylic acids is 2. The molecule has 2 N–H and O–H groups in total. The molecular weight excluding hydrogens is 408 g/mol. The molecule has 0 bridgehead atoms. The molecule has 5 heteroatoms. The first-order valence-electron chi connectivity index (χ1n) is 11.0. The Morgan fingerprint density at radius 2 is 0.852 bits per heavy atom. The number of hydrogen-bond donors (Lipinski definition) is 2. The maximum atomic E-state index is 10.2. The van der Waals surface area contributed by atoms with E-state index < -0.39 is 11.9 Å². The van der Waals surface area contributed by atoms with Crippen molar-refractivity contribution in [1.29, 1.82) is 0 Å². The van der Waals surface area contributed by atoms with Crippen LogP contribution in [0.1, 0.15) is 122 Å². The molecule has 4 nitrogen and oxygen atoms in total. The van der Waals surface area contributed by atoms with Gasteiger partial charge in [0.1, 0.15) is 0 Å². The second-order valence-electron chi connectivity index (χ2n) is 7.28. The Kier molecular flexibility index (Phi) is 27.0. The SMILES string of the molecule is CCCCCCCCCCC(=O)O.O=C(O)CCCCCCCCCCBr. The van der Waals surface area contributed by atoms with Crippen LogP contribution in [0.25, 0.3) is 0 Å². The van der Waals surface area contributed by atoms with E-state index in [9.17, 15) is 9.59 Å². The third-order valence-corrected chi connectivity index (χ3v) is 5.08. The molecule has 0 unspecified atom stereocenters. The number of aliphatic carboxylic acids is 2. The Morgan fingerprint density at radius 3 is 1.15 bits per heavy atom. The molecule has 0 amide bonds. The number of carboxylic acid groups (broad SMARTS) is 2. The molecule has 0 saturated heterocycles. The van der Waals surface area contributed by atoms with Crippen LogP contribution < -0.4 is 0 Å². The van der Waals surface area contributed by atoms with E-state index in [0.29, 0.717) is 12.8 Å². The topological polar surface area (TPSA) is 74.6 Å². The summed E-state index contributed by atoms with van der Waals surface area (Å²) in [7, 11) is 0. The molecule has 0 fully saturated rings. The minimum atomic E-state index is -0.665. The van der Waals surface area contributed by atoms with E-state index in [1.807, 2.05) is 0 Å². The minimum absolute atomic E-state index is 0.337. The molecule has 0 rings (SSSR count). The Balaban J connectivity index is 0. The van der Waals surface area contributed by atoms with Gasteiger partial charge in [0.25, 0.3) is 0 Å². The summed E-state index contributed by atoms with van der Waals surface area (Å²) in [5, 5.41) is 17.9. The number of alkyl halides is 1. The van der Waals surface area contributed by atoms with Crippen molar-refractivity contribution in [2.24, 2.45) is 0 Å². The van der Waals surface area contributed by atoms with Gasteiger partial charge in [-0.15, -0.1) is 0 Å². The van der Waals surface area contributed by atoms with Gasteiger partial charge in [0.2, 0.25) is 0 Å². The fourth-order valence-corrected chi connectivity index (χ4v) is 3.24. The first-order valence-corrected chi connectivity index (χ1v) is 12.2. The van der Waals surface area contributed by atoms with Gasteiger partial charge in [-0.05, 0) is 19.3 Å². The molecule has 162 valence electrons. The zero-order chi connectivity index (χ0) is 20.6. The van der Waals surface area contributed by atoms with Crippen molar-refractivity contribution in [2.75, 3.05) is 5.33 Å². The molecule has 0 radical (unpaired) electrons. The van der Waals surface area contributed by atoms with E-state index in [0.717, 1.165) is 31.0 Å². The lowest BCUT2D eigenvalue weighted by atomic mass is 10.1. The third kappa shape index (κ3) is 33.4. The van der Waals surface area contributed by atoms with Crippen LogP contribution in [-0.4, -0.2) is 27.5 Å². The van der Waals surface area contributed by atoms with Gasteiger partial charge in [-0.1, -0.05) is 106 Å². The lowest BCUT2D eigenvalue weighted by Crippen LogP contribution is -1.93. The van der Waals surface area contributed by atoms with E-state index in [2.05, 4.69) is 22.9 Å². The average Bonchev–Trinajstić information content (AvgIpc) is 2.62. The van der Waals surface area contributed by atoms with Crippen molar-refractivity contribution in [1.82, 2.24) is 0 Å². The van der Waals surface area contributed by atoms with Gasteiger partial charge < -0.3 is 10.2 Å². The normalized spacial score (nSPS) is 10.3. The average molecular weight is 451 g/mol. The van der Waals surface area contributed by atoms with Crippen LogP contribution in [0.2, 0.25) is 0 Å². The Labute approximate surface area is 175 Å². The smallest absolute Gasteiger partial charge is 0.303 e. The zero-order valence-electron chi connectivity index (χ0n) is 17.5. The van der Waals surface area contributed by atoms with Crippen molar-refractivity contribution in [2.45, 2.75) is 122 Å². The maximum absolute atomic E-state index is 10.2. The van der Waals surface area contributed by atoms with Gasteiger partial charge in [-0.25, -0.2) is 0 Å². The summed E-state index contributed by atoms with van der Waals surface area (Å²) in [6.07, 6.45) is 20.0. The summed E-state index contributed by atoms with van der Waals surface area (Å²) in [5.74, 6) is -1.33. The Bertz CT molecular complexity index is 321. The second-order valence-corrected chi connectivity index (χ2v) is 8.07. The molecule has 27 heavy (non-hydrogen) atoms. The van der Waals surface area contributed by atoms with E-state index >= 15 is 0 Å². The standard InChI is InChI=1S/C11H21BrO2.C11H22O2/c12-10-8-6-4-2-1-3-5-7-9-11(13)14;1-2-3-4-5-6-7-8-9-10-11(12)13/h1-10H2,(H,13,14);2-10H2,1H3,(H,12,13). The van der Waals surface area contributed by atoms with E-state index in [4.69, 9.17) is 10.2 Å². The Hall–Kier alpha value is -0.580. The van der Waals surface area contributed by atoms with Crippen LogP contribution in [0.3, 0.4) is 0 Å². The quantitative estimate of drug-likeness (QED) is 0.157. The summed E-state index contributed by atoms with van der Waals surface area (Å²) in [5.41, 5.74) is 0. The first kappa shape index (κ1) is 28.6. The fraction of sp³-hybridized carbons (Fsp3) is 0.909. The van der Waals surface area contributed by atoms with Crippen LogP contribution in [0, 0.1) is 0 Å². The van der Waals surface area contributed by atoms with Crippen LogP contribution in [0.4, 0.5) is 0 Å². The summed E-state index contributed by atoms with van der Waals surface area (Å²) in [6, 6.07) is 0. The molecule has 0 heterocycles. The minimum Gasteiger partial charge on any atom is -0.481 e. The van der Waals surface area contributed by atoms with Gasteiger partial charge in [0, 0.05) is 18.2 Å². The number of carbonyl (C=O) groups is 2. The maximum Gasteiger partial charge on any atom is 0.303 e. The fourth-order valence-electron chi connectivity index (χ4n) is 2.84. The molecule has 0 aliphatic rings. The summed E-state index contributed by atoms with van der Waals surface area (Å²) >= 11 is 3.41. The van der Waals surface area contributed by atoms with Crippen LogP contribution in [0.5, 0.6) is 0 Å². The molecule has 0 aromatic rings. The number of unbranched alkanes of at least 4 members (excludes halogenated alkanes) is 14. The molecule has 0 aliphatic carbocycles. The van der Waals surface area contributed by atoms with Gasteiger partial charge in [0.05, 0.1) is 0 Å². The summed E-state index contributed by atoms with van der Waals surface area (Å²) in [6.45, 7) is 2.22. The summed E-state index contributed by atoms with van der Waals surface area (Å²) in [4.78, 5) is 20.4. The predicted molar refractivity (Wildman–Crippen MR) is 118 cm³/mol. The van der Waals surface area contributed by atoms with Crippen LogP contribution in [0.15, 0.2) is 0 Å². The van der Waals surface area contributed by atoms with E-state index in [1.165, 1.54) is 77.0 Å². The second kappa shape index (κ2) is 25.4. The van der Waals surface area contributed by atoms with Crippen molar-refractivity contribution < 1.29 is 19.8 Å². The highest BCUT2D eigenvalue weighted by molar-refractivity contribution is 9.09. The monoisotopic (exact) mass is 450 g/mol. The van der Waals surface area contributed by atoms with Crippen molar-refractivity contribution in [3.63, 3.8) is 0 Å². The molecule has 0 atom stereocenters. The lowest BCUT2D eigenvalue weighted by molar-refractivity contribution is -0.138. The van der Waals surface area contributed by atoms with Crippen LogP contribution >= 0.6 is 15.9 Å². The van der Waals surface area contributed by atoms with Crippen molar-refractivity contribution >= 4 is 27.9 Å². The molecule has 0 aliphatic heterocycles. The number of halogens is 1. The van der Waals surface area contributed by atoms with Crippen molar-refractivity contribution in [3.05, 3.63) is 0 Å². The molecule has 0 spiro atoms. The number of rotatable bonds is 19. The van der Waals surface area contributed by atoms with Crippen LogP contribution in [-0.2, 0) is 9.59 Å². The molecule has 0 aromatic carbocycles. The first-order chi connectivity index (χ1) is 13.0. The predicted octanol–water partition coefficient (Wildman–Crippen LogP) is 7.58. The lowest BCUT2D eigenvalue weighted by Gasteiger charge is -2.00. The van der Waals surface area contributed by atoms with Gasteiger partial charge in [0.15, 0.2) is 0 Å². The van der Waals surface area contributed by atoms with Gasteiger partial charge >= 0.3 is 11.9 Å².